The average Bonchev–Trinajstić information content (AvgIpc) is 3.25. The quantitative estimate of drug-likeness (QED) is 0.171. The second-order valence-electron chi connectivity index (χ2n) is 13.6. The predicted molar refractivity (Wildman–Crippen MR) is 220 cm³/mol. The van der Waals surface area contributed by atoms with Crippen molar-refractivity contribution in [3.8, 4) is 45.0 Å². The van der Waals surface area contributed by atoms with Crippen LogP contribution in [0, 0.1) is 0 Å². The zero-order valence-electron chi connectivity index (χ0n) is 28.8. The van der Waals surface area contributed by atoms with Crippen LogP contribution in [0.2, 0.25) is 0 Å². The number of hydrogen-bond acceptors (Lipinski definition) is 6. The minimum Gasteiger partial charge on any atom is -0.254 e. The summed E-state index contributed by atoms with van der Waals surface area (Å²) in [6.45, 7) is 0. The highest BCUT2D eigenvalue weighted by Gasteiger charge is 2.11. The molecule has 0 aliphatic carbocycles. The van der Waals surface area contributed by atoms with Crippen molar-refractivity contribution < 1.29 is 0 Å². The maximum Gasteiger partial charge on any atom is 0.0972 e. The highest BCUT2D eigenvalue weighted by atomic mass is 14.8. The monoisotopic (exact) mass is 688 g/mol. The van der Waals surface area contributed by atoms with Crippen LogP contribution >= 0.6 is 0 Å². The van der Waals surface area contributed by atoms with Gasteiger partial charge >= 0.3 is 0 Å². The minimum atomic E-state index is 0.830. The summed E-state index contributed by atoms with van der Waals surface area (Å²) in [5.74, 6) is 0. The molecule has 0 saturated carbocycles. The van der Waals surface area contributed by atoms with Gasteiger partial charge in [0.25, 0.3) is 0 Å². The first-order valence-electron chi connectivity index (χ1n) is 17.9. The van der Waals surface area contributed by atoms with Gasteiger partial charge in [-0.3, -0.25) is 9.97 Å². The van der Waals surface area contributed by atoms with Gasteiger partial charge in [-0.25, -0.2) is 19.9 Å². The van der Waals surface area contributed by atoms with E-state index in [9.17, 15) is 0 Å². The zero-order valence-corrected chi connectivity index (χ0v) is 28.8. The van der Waals surface area contributed by atoms with E-state index in [0.29, 0.717) is 0 Å². The molecular weight excluding hydrogens is 661 g/mol. The summed E-state index contributed by atoms with van der Waals surface area (Å²) in [6, 6.07) is 54.5. The zero-order chi connectivity index (χ0) is 35.6. The van der Waals surface area contributed by atoms with E-state index in [1.807, 2.05) is 30.6 Å². The van der Waals surface area contributed by atoms with Crippen molar-refractivity contribution in [2.24, 2.45) is 0 Å². The fourth-order valence-electron chi connectivity index (χ4n) is 7.50. The van der Waals surface area contributed by atoms with E-state index >= 15 is 0 Å². The van der Waals surface area contributed by atoms with Gasteiger partial charge in [-0.1, -0.05) is 91.0 Å². The maximum atomic E-state index is 5.08. The Balaban J connectivity index is 0.888. The van der Waals surface area contributed by atoms with Gasteiger partial charge in [0, 0.05) is 55.8 Å². The third kappa shape index (κ3) is 5.12. The molecule has 5 aromatic carbocycles. The van der Waals surface area contributed by atoms with Crippen molar-refractivity contribution in [2.45, 2.75) is 0 Å². The van der Waals surface area contributed by atoms with Crippen LogP contribution in [0.25, 0.3) is 110 Å². The Kier molecular flexibility index (Phi) is 6.75. The van der Waals surface area contributed by atoms with Crippen molar-refractivity contribution in [3.63, 3.8) is 0 Å². The number of nitrogens with zero attached hydrogens (tertiary/aromatic N) is 6. The first-order chi connectivity index (χ1) is 26.7. The van der Waals surface area contributed by atoms with E-state index in [0.717, 1.165) is 110 Å². The van der Waals surface area contributed by atoms with Crippen LogP contribution in [0.3, 0.4) is 0 Å². The highest BCUT2D eigenvalue weighted by Crippen LogP contribution is 2.32. The number of hydrogen-bond donors (Lipinski definition) is 0. The molecule has 0 unspecified atom stereocenters. The summed E-state index contributed by atoms with van der Waals surface area (Å²) >= 11 is 0. The Labute approximate surface area is 309 Å². The molecule has 0 N–H and O–H groups in total. The van der Waals surface area contributed by atoms with Gasteiger partial charge < -0.3 is 0 Å². The van der Waals surface area contributed by atoms with E-state index in [2.05, 4.69) is 149 Å². The third-order valence-corrected chi connectivity index (χ3v) is 10.3. The van der Waals surface area contributed by atoms with Gasteiger partial charge in [-0.05, 0) is 77.9 Å². The molecular formula is C48H28N6. The Bertz CT molecular complexity index is 3300. The number of benzene rings is 5. The Morgan fingerprint density at radius 1 is 0.259 bits per heavy atom. The van der Waals surface area contributed by atoms with Gasteiger partial charge in [-0.2, -0.15) is 0 Å². The van der Waals surface area contributed by atoms with Crippen LogP contribution in [-0.2, 0) is 0 Å². The predicted octanol–water partition coefficient (Wildman–Crippen LogP) is 11.6. The van der Waals surface area contributed by atoms with Crippen LogP contribution in [0.4, 0.5) is 0 Å². The van der Waals surface area contributed by atoms with E-state index < -0.39 is 0 Å². The minimum absolute atomic E-state index is 0.830. The molecule has 54 heavy (non-hydrogen) atoms. The lowest BCUT2D eigenvalue weighted by Gasteiger charge is -2.10. The summed E-state index contributed by atoms with van der Waals surface area (Å²) in [6.07, 6.45) is 3.64. The summed E-state index contributed by atoms with van der Waals surface area (Å²) in [5.41, 5.74) is 13.3. The van der Waals surface area contributed by atoms with Crippen molar-refractivity contribution in [1.82, 2.24) is 29.9 Å². The molecule has 0 atom stereocenters. The Hall–Kier alpha value is -7.44. The molecule has 6 nitrogen and oxygen atoms in total. The summed E-state index contributed by atoms with van der Waals surface area (Å²) in [7, 11) is 0. The smallest absolute Gasteiger partial charge is 0.0972 e. The molecule has 0 aliphatic heterocycles. The van der Waals surface area contributed by atoms with E-state index in [1.165, 1.54) is 0 Å². The molecule has 6 heteroatoms. The molecule has 0 spiro atoms. The first-order valence-corrected chi connectivity index (χ1v) is 17.9. The van der Waals surface area contributed by atoms with Gasteiger partial charge in [0.05, 0.1) is 55.9 Å². The summed E-state index contributed by atoms with van der Waals surface area (Å²) in [5, 5.41) is 6.46. The highest BCUT2D eigenvalue weighted by molar-refractivity contribution is 6.04. The Morgan fingerprint density at radius 3 is 1.26 bits per heavy atom. The van der Waals surface area contributed by atoms with Crippen molar-refractivity contribution >= 4 is 65.4 Å². The number of fused-ring (bicyclic) bond motifs is 8. The van der Waals surface area contributed by atoms with Gasteiger partial charge in [0.2, 0.25) is 0 Å². The number of rotatable bonds is 4. The second kappa shape index (κ2) is 12.1. The molecule has 0 radical (unpaired) electrons. The lowest BCUT2D eigenvalue weighted by atomic mass is 10.00. The topological polar surface area (TPSA) is 77.3 Å². The molecule has 0 amide bonds. The molecule has 0 aliphatic rings. The molecule has 6 heterocycles. The number of aromatic nitrogens is 6. The largest absolute Gasteiger partial charge is 0.254 e. The Morgan fingerprint density at radius 2 is 0.685 bits per heavy atom. The normalized spacial score (nSPS) is 11.7. The summed E-state index contributed by atoms with van der Waals surface area (Å²) in [4.78, 5) is 29.4. The summed E-state index contributed by atoms with van der Waals surface area (Å²) < 4.78 is 0. The molecule has 0 saturated heterocycles. The van der Waals surface area contributed by atoms with Crippen molar-refractivity contribution in [2.75, 3.05) is 0 Å². The van der Waals surface area contributed by atoms with E-state index in [1.54, 1.807) is 0 Å². The average molecular weight is 689 g/mol. The van der Waals surface area contributed by atoms with E-state index in [4.69, 9.17) is 19.9 Å². The van der Waals surface area contributed by atoms with Crippen molar-refractivity contribution in [1.29, 1.82) is 0 Å². The second-order valence-corrected chi connectivity index (χ2v) is 13.6. The molecule has 250 valence electrons. The molecule has 0 fully saturated rings. The molecule has 11 rings (SSSR count). The van der Waals surface area contributed by atoms with Gasteiger partial charge in [0.15, 0.2) is 0 Å². The van der Waals surface area contributed by atoms with Crippen LogP contribution < -0.4 is 0 Å². The van der Waals surface area contributed by atoms with Crippen molar-refractivity contribution in [3.05, 3.63) is 170 Å². The van der Waals surface area contributed by atoms with Crippen LogP contribution in [0.5, 0.6) is 0 Å². The lowest BCUT2D eigenvalue weighted by molar-refractivity contribution is 1.31. The SMILES string of the molecule is c1cc(-c2ccc3cc(-c4ccc5nc(-c6ccc7ccc8cccnc8c7n6)ccc5c4)ccc3n2)cc(-c2ccc3ccc4cccnc4c3n2)c1. The maximum absolute atomic E-state index is 5.08. The first kappa shape index (κ1) is 30.2. The molecule has 0 bridgehead atoms. The van der Waals surface area contributed by atoms with Crippen LogP contribution in [-0.4, -0.2) is 29.9 Å². The fraction of sp³-hybridized carbons (Fsp3) is 0. The molecule has 6 aromatic heterocycles. The third-order valence-electron chi connectivity index (χ3n) is 10.3. The van der Waals surface area contributed by atoms with Crippen LogP contribution in [0.15, 0.2) is 170 Å². The molecule has 11 aromatic rings. The fourth-order valence-corrected chi connectivity index (χ4v) is 7.50. The van der Waals surface area contributed by atoms with E-state index in [-0.39, 0.29) is 0 Å². The standard InChI is InChI=1S/C48H28N6/c1-4-35(28-36(5-1)42-18-12-31-10-8-29-6-2-24-49-45(29)47(31)53-42)39-21-16-37-26-33(14-19-40(37)51-39)34-15-20-41-38(27-34)17-23-43(52-41)44-22-13-32-11-9-30-7-3-25-50-46(30)48(32)54-44/h1-28H. The lowest BCUT2D eigenvalue weighted by Crippen LogP contribution is -1.91. The van der Waals surface area contributed by atoms with Gasteiger partial charge in [0.1, 0.15) is 0 Å². The van der Waals surface area contributed by atoms with Crippen LogP contribution in [0.1, 0.15) is 0 Å². The van der Waals surface area contributed by atoms with Gasteiger partial charge in [-0.15, -0.1) is 0 Å². The number of pyridine rings is 6.